The summed E-state index contributed by atoms with van der Waals surface area (Å²) in [4.78, 5) is 24.2. The second kappa shape index (κ2) is 5.93. The highest BCUT2D eigenvalue weighted by molar-refractivity contribution is 6.31. The Morgan fingerprint density at radius 1 is 1.22 bits per heavy atom. The average Bonchev–Trinajstić information content (AvgIpc) is 2.78. The van der Waals surface area contributed by atoms with E-state index in [2.05, 4.69) is 5.32 Å². The van der Waals surface area contributed by atoms with Gasteiger partial charge < -0.3 is 9.73 Å². The van der Waals surface area contributed by atoms with Gasteiger partial charge in [0.25, 0.3) is 0 Å². The molecule has 118 valence electrons. The fraction of sp³-hybridized carbons (Fsp3) is 0.176. The number of amides is 1. The minimum atomic E-state index is -0.585. The number of aryl methyl sites for hydroxylation is 2. The van der Waals surface area contributed by atoms with E-state index in [4.69, 9.17) is 16.0 Å². The monoisotopic (exact) mass is 330 g/mol. The fourth-order valence-corrected chi connectivity index (χ4v) is 2.56. The van der Waals surface area contributed by atoms with Crippen molar-refractivity contribution in [2.75, 3.05) is 5.32 Å². The van der Waals surface area contributed by atoms with Crippen LogP contribution in [0.4, 0.5) is 5.69 Å². The Morgan fingerprint density at radius 2 is 2.00 bits per heavy atom. The smallest absolute Gasteiger partial charge is 0.408 e. The molecule has 1 aromatic heterocycles. The Kier molecular flexibility index (Phi) is 3.96. The summed E-state index contributed by atoms with van der Waals surface area (Å²) in [6.45, 7) is 3.74. The van der Waals surface area contributed by atoms with E-state index >= 15 is 0 Å². The van der Waals surface area contributed by atoms with Crippen LogP contribution in [0.3, 0.4) is 0 Å². The lowest BCUT2D eigenvalue weighted by Crippen LogP contribution is -2.25. The first-order chi connectivity index (χ1) is 10.9. The lowest BCUT2D eigenvalue weighted by molar-refractivity contribution is -0.116. The van der Waals surface area contributed by atoms with Gasteiger partial charge in [0.2, 0.25) is 5.91 Å². The minimum Gasteiger partial charge on any atom is -0.408 e. The van der Waals surface area contributed by atoms with Crippen LogP contribution in [-0.4, -0.2) is 10.5 Å². The zero-order valence-electron chi connectivity index (χ0n) is 12.7. The van der Waals surface area contributed by atoms with Crippen LogP contribution < -0.4 is 11.1 Å². The first kappa shape index (κ1) is 15.4. The number of hydrogen-bond donors (Lipinski definition) is 1. The van der Waals surface area contributed by atoms with Crippen LogP contribution in [0.5, 0.6) is 0 Å². The number of benzene rings is 2. The number of carbonyl (C=O) groups excluding carboxylic acids is 1. The van der Waals surface area contributed by atoms with E-state index < -0.39 is 5.76 Å². The van der Waals surface area contributed by atoms with E-state index in [0.29, 0.717) is 16.1 Å². The van der Waals surface area contributed by atoms with Gasteiger partial charge in [0.05, 0.1) is 5.52 Å². The van der Waals surface area contributed by atoms with Gasteiger partial charge in [0.15, 0.2) is 5.58 Å². The third-order valence-electron chi connectivity index (χ3n) is 3.60. The summed E-state index contributed by atoms with van der Waals surface area (Å²) in [5.74, 6) is -0.878. The third kappa shape index (κ3) is 3.14. The Balaban J connectivity index is 1.87. The Bertz CT molecular complexity index is 956. The van der Waals surface area contributed by atoms with E-state index in [1.54, 1.807) is 18.2 Å². The molecule has 0 spiro atoms. The number of halogens is 1. The summed E-state index contributed by atoms with van der Waals surface area (Å²) in [7, 11) is 0. The molecule has 5 nitrogen and oxygen atoms in total. The SMILES string of the molecule is Cc1ccc(C)c(NC(=O)Cn2c(=O)oc3cc(Cl)ccc32)c1. The predicted molar refractivity (Wildman–Crippen MR) is 90.0 cm³/mol. The summed E-state index contributed by atoms with van der Waals surface area (Å²) in [6, 6.07) is 10.7. The number of anilines is 1. The molecule has 0 bridgehead atoms. The molecule has 0 fully saturated rings. The van der Waals surface area contributed by atoms with Crippen molar-refractivity contribution >= 4 is 34.3 Å². The maximum Gasteiger partial charge on any atom is 0.420 e. The van der Waals surface area contributed by atoms with Crippen LogP contribution in [0.2, 0.25) is 5.02 Å². The van der Waals surface area contributed by atoms with E-state index in [-0.39, 0.29) is 12.5 Å². The van der Waals surface area contributed by atoms with E-state index in [1.165, 1.54) is 4.57 Å². The van der Waals surface area contributed by atoms with Crippen molar-refractivity contribution < 1.29 is 9.21 Å². The Morgan fingerprint density at radius 3 is 2.78 bits per heavy atom. The zero-order chi connectivity index (χ0) is 16.6. The highest BCUT2D eigenvalue weighted by atomic mass is 35.5. The van der Waals surface area contributed by atoms with Gasteiger partial charge in [0, 0.05) is 16.8 Å². The quantitative estimate of drug-likeness (QED) is 0.799. The molecule has 3 rings (SSSR count). The van der Waals surface area contributed by atoms with Crippen molar-refractivity contribution in [3.63, 3.8) is 0 Å². The maximum absolute atomic E-state index is 12.3. The van der Waals surface area contributed by atoms with Gasteiger partial charge in [-0.25, -0.2) is 4.79 Å². The van der Waals surface area contributed by atoms with E-state index in [9.17, 15) is 9.59 Å². The summed E-state index contributed by atoms with van der Waals surface area (Å²) in [5.41, 5.74) is 3.64. The fourth-order valence-electron chi connectivity index (χ4n) is 2.39. The highest BCUT2D eigenvalue weighted by Gasteiger charge is 2.13. The van der Waals surface area contributed by atoms with Gasteiger partial charge in [-0.05, 0) is 43.2 Å². The van der Waals surface area contributed by atoms with Crippen LogP contribution in [0.15, 0.2) is 45.6 Å². The summed E-state index contributed by atoms with van der Waals surface area (Å²) in [5, 5.41) is 3.30. The third-order valence-corrected chi connectivity index (χ3v) is 3.83. The largest absolute Gasteiger partial charge is 0.420 e. The molecule has 1 N–H and O–H groups in total. The van der Waals surface area contributed by atoms with Gasteiger partial charge >= 0.3 is 5.76 Å². The number of oxazole rings is 1. The van der Waals surface area contributed by atoms with Crippen LogP contribution in [0.25, 0.3) is 11.1 Å². The molecular weight excluding hydrogens is 316 g/mol. The zero-order valence-corrected chi connectivity index (χ0v) is 13.5. The van der Waals surface area contributed by atoms with Gasteiger partial charge in [-0.1, -0.05) is 23.7 Å². The van der Waals surface area contributed by atoms with Crippen molar-refractivity contribution in [3.8, 4) is 0 Å². The average molecular weight is 331 g/mol. The van der Waals surface area contributed by atoms with Crippen LogP contribution in [0, 0.1) is 13.8 Å². The van der Waals surface area contributed by atoms with Crippen molar-refractivity contribution in [3.05, 3.63) is 63.1 Å². The summed E-state index contributed by atoms with van der Waals surface area (Å²) < 4.78 is 6.40. The molecular formula is C17H15ClN2O3. The molecule has 0 aliphatic heterocycles. The number of carbonyl (C=O) groups is 1. The van der Waals surface area contributed by atoms with Crippen molar-refractivity contribution in [2.24, 2.45) is 0 Å². The number of rotatable bonds is 3. The minimum absolute atomic E-state index is 0.124. The molecule has 2 aromatic carbocycles. The van der Waals surface area contributed by atoms with Crippen LogP contribution in [-0.2, 0) is 11.3 Å². The molecule has 0 saturated carbocycles. The standard InChI is InChI=1S/C17H15ClN2O3/c1-10-3-4-11(2)13(7-10)19-16(21)9-20-14-6-5-12(18)8-15(14)23-17(20)22/h3-8H,9H2,1-2H3,(H,19,21). The van der Waals surface area contributed by atoms with E-state index in [1.807, 2.05) is 32.0 Å². The normalized spacial score (nSPS) is 10.9. The van der Waals surface area contributed by atoms with Crippen LogP contribution in [0.1, 0.15) is 11.1 Å². The number of aromatic nitrogens is 1. The molecule has 3 aromatic rings. The summed E-state index contributed by atoms with van der Waals surface area (Å²) >= 11 is 5.87. The van der Waals surface area contributed by atoms with E-state index in [0.717, 1.165) is 16.8 Å². The Labute approximate surface area is 137 Å². The molecule has 0 aliphatic rings. The number of nitrogens with zero attached hydrogens (tertiary/aromatic N) is 1. The number of hydrogen-bond acceptors (Lipinski definition) is 3. The van der Waals surface area contributed by atoms with Crippen molar-refractivity contribution in [1.82, 2.24) is 4.57 Å². The summed E-state index contributed by atoms with van der Waals surface area (Å²) in [6.07, 6.45) is 0. The number of nitrogens with one attached hydrogen (secondary N) is 1. The van der Waals surface area contributed by atoms with Gasteiger partial charge in [-0.3, -0.25) is 9.36 Å². The molecule has 1 heterocycles. The lowest BCUT2D eigenvalue weighted by atomic mass is 10.1. The van der Waals surface area contributed by atoms with Crippen molar-refractivity contribution in [1.29, 1.82) is 0 Å². The van der Waals surface area contributed by atoms with Gasteiger partial charge in [0.1, 0.15) is 6.54 Å². The molecule has 0 aliphatic carbocycles. The van der Waals surface area contributed by atoms with Gasteiger partial charge in [-0.15, -0.1) is 0 Å². The predicted octanol–water partition coefficient (Wildman–Crippen LogP) is 3.50. The second-order valence-electron chi connectivity index (χ2n) is 5.43. The molecule has 1 amide bonds. The van der Waals surface area contributed by atoms with Crippen LogP contribution >= 0.6 is 11.6 Å². The molecule has 6 heteroatoms. The molecule has 0 radical (unpaired) electrons. The first-order valence-electron chi connectivity index (χ1n) is 7.10. The molecule has 23 heavy (non-hydrogen) atoms. The highest BCUT2D eigenvalue weighted by Crippen LogP contribution is 2.19. The molecule has 0 saturated heterocycles. The maximum atomic E-state index is 12.3. The Hall–Kier alpha value is -2.53. The van der Waals surface area contributed by atoms with Crippen molar-refractivity contribution in [2.45, 2.75) is 20.4 Å². The lowest BCUT2D eigenvalue weighted by Gasteiger charge is -2.09. The molecule has 0 atom stereocenters. The molecule has 0 unspecified atom stereocenters. The number of fused-ring (bicyclic) bond motifs is 1. The topological polar surface area (TPSA) is 64.2 Å². The first-order valence-corrected chi connectivity index (χ1v) is 7.48. The van der Waals surface area contributed by atoms with Gasteiger partial charge in [-0.2, -0.15) is 0 Å². The second-order valence-corrected chi connectivity index (χ2v) is 5.87.